The van der Waals surface area contributed by atoms with Gasteiger partial charge in [0.1, 0.15) is 17.2 Å². The number of aromatic hydroxyl groups is 1. The van der Waals surface area contributed by atoms with Crippen LogP contribution in [0.4, 0.5) is 5.69 Å². The van der Waals surface area contributed by atoms with Gasteiger partial charge in [0, 0.05) is 17.7 Å². The molecule has 2 rings (SSSR count). The lowest BCUT2D eigenvalue weighted by atomic mass is 10.1. The number of benzene rings is 2. The molecule has 0 radical (unpaired) electrons. The van der Waals surface area contributed by atoms with Gasteiger partial charge in [-0.3, -0.25) is 0 Å². The molecule has 2 aromatic carbocycles. The fourth-order valence-electron chi connectivity index (χ4n) is 2.14. The Morgan fingerprint density at radius 1 is 1.10 bits per heavy atom. The largest absolute Gasteiger partial charge is 0.508 e. The van der Waals surface area contributed by atoms with Crippen LogP contribution < -0.4 is 14.8 Å². The van der Waals surface area contributed by atoms with Crippen molar-refractivity contribution in [1.29, 1.82) is 0 Å². The highest BCUT2D eigenvalue weighted by atomic mass is 35.5. The molecular formula is C16H18ClNO3. The van der Waals surface area contributed by atoms with Gasteiger partial charge >= 0.3 is 0 Å². The minimum Gasteiger partial charge on any atom is -0.508 e. The van der Waals surface area contributed by atoms with Crippen molar-refractivity contribution in [2.24, 2.45) is 0 Å². The summed E-state index contributed by atoms with van der Waals surface area (Å²) < 4.78 is 10.5. The van der Waals surface area contributed by atoms with E-state index in [2.05, 4.69) is 5.32 Å². The number of ether oxygens (including phenoxy) is 2. The number of hydrogen-bond acceptors (Lipinski definition) is 4. The molecule has 4 nitrogen and oxygen atoms in total. The van der Waals surface area contributed by atoms with E-state index in [1.165, 1.54) is 0 Å². The van der Waals surface area contributed by atoms with Gasteiger partial charge in [0.05, 0.1) is 31.0 Å². The fourth-order valence-corrected chi connectivity index (χ4v) is 2.37. The van der Waals surface area contributed by atoms with Crippen LogP contribution in [0.1, 0.15) is 18.5 Å². The van der Waals surface area contributed by atoms with E-state index in [4.69, 9.17) is 21.1 Å². The van der Waals surface area contributed by atoms with Crippen molar-refractivity contribution >= 4 is 17.3 Å². The summed E-state index contributed by atoms with van der Waals surface area (Å²) in [7, 11) is 3.14. The maximum absolute atomic E-state index is 9.91. The number of methoxy groups -OCH3 is 2. The van der Waals surface area contributed by atoms with E-state index in [9.17, 15) is 5.11 Å². The summed E-state index contributed by atoms with van der Waals surface area (Å²) in [5, 5.41) is 13.7. The Kier molecular flexibility index (Phi) is 4.81. The van der Waals surface area contributed by atoms with Crippen LogP contribution in [0.3, 0.4) is 0 Å². The molecule has 0 saturated carbocycles. The summed E-state index contributed by atoms with van der Waals surface area (Å²) in [4.78, 5) is 0. The van der Waals surface area contributed by atoms with Crippen LogP contribution in [0.15, 0.2) is 36.4 Å². The first kappa shape index (κ1) is 15.3. The molecule has 0 saturated heterocycles. The van der Waals surface area contributed by atoms with Crippen LogP contribution in [-0.2, 0) is 0 Å². The standard InChI is InChI=1S/C16H18ClNO3/c1-10(11-6-4-5-7-14(11)19)18-13-9-15(20-2)12(17)8-16(13)21-3/h4-10,18-19H,1-3H3. The van der Waals surface area contributed by atoms with Crippen molar-refractivity contribution in [3.63, 3.8) is 0 Å². The normalized spacial score (nSPS) is 11.8. The molecule has 0 aliphatic heterocycles. The SMILES string of the molecule is COc1cc(NC(C)c2ccccc2O)c(OC)cc1Cl. The topological polar surface area (TPSA) is 50.7 Å². The summed E-state index contributed by atoms with van der Waals surface area (Å²) >= 11 is 6.09. The Bertz CT molecular complexity index is 631. The Morgan fingerprint density at radius 2 is 1.76 bits per heavy atom. The van der Waals surface area contributed by atoms with Gasteiger partial charge in [-0.1, -0.05) is 29.8 Å². The third-order valence-corrected chi connectivity index (χ3v) is 3.54. The number of anilines is 1. The Morgan fingerprint density at radius 3 is 2.38 bits per heavy atom. The summed E-state index contributed by atoms with van der Waals surface area (Å²) in [6.45, 7) is 1.95. The highest BCUT2D eigenvalue weighted by Crippen LogP contribution is 2.38. The second-order valence-corrected chi connectivity index (χ2v) is 5.02. The lowest BCUT2D eigenvalue weighted by Crippen LogP contribution is -2.08. The van der Waals surface area contributed by atoms with Gasteiger partial charge in [-0.15, -0.1) is 0 Å². The van der Waals surface area contributed by atoms with Gasteiger partial charge in [0.25, 0.3) is 0 Å². The highest BCUT2D eigenvalue weighted by molar-refractivity contribution is 6.32. The molecule has 0 aromatic heterocycles. The summed E-state index contributed by atoms with van der Waals surface area (Å²) in [6, 6.07) is 10.6. The molecular weight excluding hydrogens is 290 g/mol. The minimum atomic E-state index is -0.106. The first-order valence-electron chi connectivity index (χ1n) is 6.52. The number of phenols is 1. The zero-order chi connectivity index (χ0) is 15.4. The van der Waals surface area contributed by atoms with E-state index in [-0.39, 0.29) is 11.8 Å². The summed E-state index contributed by atoms with van der Waals surface area (Å²) in [5.74, 6) is 1.42. The monoisotopic (exact) mass is 307 g/mol. The first-order chi connectivity index (χ1) is 10.1. The van der Waals surface area contributed by atoms with Crippen LogP contribution in [0.25, 0.3) is 0 Å². The van der Waals surface area contributed by atoms with Gasteiger partial charge in [-0.2, -0.15) is 0 Å². The molecule has 1 unspecified atom stereocenters. The predicted octanol–water partition coefficient (Wildman–Crippen LogP) is 4.24. The number of phenolic OH excluding ortho intramolecular Hbond substituents is 1. The third-order valence-electron chi connectivity index (χ3n) is 3.25. The zero-order valence-corrected chi connectivity index (χ0v) is 12.9. The number of para-hydroxylation sites is 1. The van der Waals surface area contributed by atoms with Crippen LogP contribution >= 0.6 is 11.6 Å². The van der Waals surface area contributed by atoms with Gasteiger partial charge in [0.15, 0.2) is 0 Å². The number of rotatable bonds is 5. The molecule has 21 heavy (non-hydrogen) atoms. The number of nitrogens with one attached hydrogen (secondary N) is 1. The Hall–Kier alpha value is -2.07. The van der Waals surface area contributed by atoms with Crippen LogP contribution in [0, 0.1) is 0 Å². The van der Waals surface area contributed by atoms with Gasteiger partial charge < -0.3 is 19.9 Å². The van der Waals surface area contributed by atoms with E-state index in [0.29, 0.717) is 16.5 Å². The maximum Gasteiger partial charge on any atom is 0.143 e. The molecule has 1 atom stereocenters. The number of halogens is 1. The average molecular weight is 308 g/mol. The smallest absolute Gasteiger partial charge is 0.143 e. The van der Waals surface area contributed by atoms with Crippen molar-refractivity contribution in [3.05, 3.63) is 47.0 Å². The molecule has 0 fully saturated rings. The van der Waals surface area contributed by atoms with E-state index < -0.39 is 0 Å². The second kappa shape index (κ2) is 6.59. The van der Waals surface area contributed by atoms with Gasteiger partial charge in [0.2, 0.25) is 0 Å². The zero-order valence-electron chi connectivity index (χ0n) is 12.2. The van der Waals surface area contributed by atoms with Crippen LogP contribution in [-0.4, -0.2) is 19.3 Å². The second-order valence-electron chi connectivity index (χ2n) is 4.61. The molecule has 2 aromatic rings. The molecule has 0 aliphatic rings. The molecule has 2 N–H and O–H groups in total. The highest BCUT2D eigenvalue weighted by Gasteiger charge is 2.14. The maximum atomic E-state index is 9.91. The molecule has 112 valence electrons. The first-order valence-corrected chi connectivity index (χ1v) is 6.90. The van der Waals surface area contributed by atoms with Crippen molar-refractivity contribution in [3.8, 4) is 17.2 Å². The van der Waals surface area contributed by atoms with Crippen molar-refractivity contribution < 1.29 is 14.6 Å². The van der Waals surface area contributed by atoms with E-state index in [1.54, 1.807) is 38.5 Å². The van der Waals surface area contributed by atoms with Crippen LogP contribution in [0.2, 0.25) is 5.02 Å². The summed E-state index contributed by atoms with van der Waals surface area (Å²) in [5.41, 5.74) is 1.54. The average Bonchev–Trinajstić information content (AvgIpc) is 2.48. The molecule has 0 spiro atoms. The lowest BCUT2D eigenvalue weighted by Gasteiger charge is -2.20. The Balaban J connectivity index is 2.32. The number of hydrogen-bond donors (Lipinski definition) is 2. The van der Waals surface area contributed by atoms with E-state index >= 15 is 0 Å². The van der Waals surface area contributed by atoms with Crippen molar-refractivity contribution in [1.82, 2.24) is 0 Å². The Labute approximate surface area is 129 Å². The van der Waals surface area contributed by atoms with Crippen LogP contribution in [0.5, 0.6) is 17.2 Å². The molecule has 0 aliphatic carbocycles. The van der Waals surface area contributed by atoms with Gasteiger partial charge in [-0.05, 0) is 13.0 Å². The lowest BCUT2D eigenvalue weighted by molar-refractivity contribution is 0.404. The van der Waals surface area contributed by atoms with Crippen molar-refractivity contribution in [2.45, 2.75) is 13.0 Å². The quantitative estimate of drug-likeness (QED) is 0.867. The molecule has 0 amide bonds. The molecule has 5 heteroatoms. The fraction of sp³-hybridized carbons (Fsp3) is 0.250. The third kappa shape index (κ3) is 3.34. The van der Waals surface area contributed by atoms with Gasteiger partial charge in [-0.25, -0.2) is 0 Å². The molecule has 0 heterocycles. The van der Waals surface area contributed by atoms with Crippen molar-refractivity contribution in [2.75, 3.05) is 19.5 Å². The summed E-state index contributed by atoms with van der Waals surface area (Å²) in [6.07, 6.45) is 0. The van der Waals surface area contributed by atoms with E-state index in [1.807, 2.05) is 19.1 Å². The molecule has 0 bridgehead atoms. The minimum absolute atomic E-state index is 0.106. The predicted molar refractivity (Wildman–Crippen MR) is 84.7 cm³/mol. The van der Waals surface area contributed by atoms with E-state index in [0.717, 1.165) is 11.3 Å².